The maximum atomic E-state index is 11.4. The van der Waals surface area contributed by atoms with Crippen LogP contribution in [0.3, 0.4) is 0 Å². The Labute approximate surface area is 190 Å². The van der Waals surface area contributed by atoms with Gasteiger partial charge in [0.25, 0.3) is 0 Å². The standard InChI is InChI=1S/C27H32N2O3/c1-31-24-13-11-21(12-14-24)20-28-15-17-29(18-16-28)26(23-9-6-10-25(19-23)32-2)27(30)22-7-4-3-5-8-22/h3-14,19,26-27,30H,15-18,20H2,1-2H3. The van der Waals surface area contributed by atoms with Gasteiger partial charge in [-0.1, -0.05) is 54.6 Å². The van der Waals surface area contributed by atoms with Gasteiger partial charge in [0.2, 0.25) is 0 Å². The fourth-order valence-corrected chi connectivity index (χ4v) is 4.44. The number of rotatable bonds is 8. The minimum absolute atomic E-state index is 0.129. The van der Waals surface area contributed by atoms with Crippen molar-refractivity contribution in [3.8, 4) is 11.5 Å². The second-order valence-corrected chi connectivity index (χ2v) is 8.24. The summed E-state index contributed by atoms with van der Waals surface area (Å²) in [5.74, 6) is 1.69. The van der Waals surface area contributed by atoms with E-state index in [2.05, 4.69) is 28.0 Å². The third kappa shape index (κ3) is 5.30. The van der Waals surface area contributed by atoms with Crippen LogP contribution in [-0.4, -0.2) is 55.3 Å². The molecule has 168 valence electrons. The first-order chi connectivity index (χ1) is 15.7. The topological polar surface area (TPSA) is 45.2 Å². The maximum Gasteiger partial charge on any atom is 0.119 e. The summed E-state index contributed by atoms with van der Waals surface area (Å²) in [6, 6.07) is 26.2. The number of aliphatic hydroxyl groups excluding tert-OH is 1. The molecule has 0 spiro atoms. The van der Waals surface area contributed by atoms with Crippen molar-refractivity contribution in [2.75, 3.05) is 40.4 Å². The first kappa shape index (κ1) is 22.3. The minimum Gasteiger partial charge on any atom is -0.497 e. The van der Waals surface area contributed by atoms with Crippen LogP contribution in [0.15, 0.2) is 78.9 Å². The lowest BCUT2D eigenvalue weighted by atomic mass is 9.93. The van der Waals surface area contributed by atoms with Gasteiger partial charge in [-0.3, -0.25) is 9.80 Å². The molecule has 0 aromatic heterocycles. The van der Waals surface area contributed by atoms with Gasteiger partial charge in [-0.15, -0.1) is 0 Å². The molecule has 3 aromatic carbocycles. The summed E-state index contributed by atoms with van der Waals surface area (Å²) in [6.07, 6.45) is -0.614. The first-order valence-electron chi connectivity index (χ1n) is 11.1. The highest BCUT2D eigenvalue weighted by Gasteiger charge is 2.31. The fourth-order valence-electron chi connectivity index (χ4n) is 4.44. The highest BCUT2D eigenvalue weighted by atomic mass is 16.5. The average Bonchev–Trinajstić information content (AvgIpc) is 2.86. The van der Waals surface area contributed by atoms with E-state index >= 15 is 0 Å². The average molecular weight is 433 g/mol. The highest BCUT2D eigenvalue weighted by Crippen LogP contribution is 2.36. The van der Waals surface area contributed by atoms with Gasteiger partial charge < -0.3 is 14.6 Å². The largest absolute Gasteiger partial charge is 0.497 e. The van der Waals surface area contributed by atoms with E-state index in [1.807, 2.05) is 60.7 Å². The van der Waals surface area contributed by atoms with E-state index in [9.17, 15) is 5.11 Å². The number of hydrogen-bond donors (Lipinski definition) is 1. The first-order valence-corrected chi connectivity index (χ1v) is 11.1. The summed E-state index contributed by atoms with van der Waals surface area (Å²) in [6.45, 7) is 4.61. The van der Waals surface area contributed by atoms with Crippen LogP contribution in [0.25, 0.3) is 0 Å². The molecular weight excluding hydrogens is 400 g/mol. The van der Waals surface area contributed by atoms with Crippen molar-refractivity contribution in [2.45, 2.75) is 18.7 Å². The van der Waals surface area contributed by atoms with Gasteiger partial charge in [-0.25, -0.2) is 0 Å². The summed E-state index contributed by atoms with van der Waals surface area (Å²) in [5.41, 5.74) is 3.29. The number of hydrogen-bond acceptors (Lipinski definition) is 5. The lowest BCUT2D eigenvalue weighted by Gasteiger charge is -2.41. The molecular formula is C27H32N2O3. The molecule has 1 N–H and O–H groups in total. The normalized spacial score (nSPS) is 17.0. The van der Waals surface area contributed by atoms with Gasteiger partial charge in [0.05, 0.1) is 26.4 Å². The van der Waals surface area contributed by atoms with E-state index in [0.717, 1.165) is 55.3 Å². The number of benzene rings is 3. The monoisotopic (exact) mass is 432 g/mol. The summed E-state index contributed by atoms with van der Waals surface area (Å²) >= 11 is 0. The molecule has 1 aliphatic rings. The molecule has 1 saturated heterocycles. The quantitative estimate of drug-likeness (QED) is 0.575. The molecule has 0 bridgehead atoms. The van der Waals surface area contributed by atoms with Gasteiger partial charge in [-0.2, -0.15) is 0 Å². The zero-order valence-electron chi connectivity index (χ0n) is 18.9. The Hall–Kier alpha value is -2.86. The Morgan fingerprint density at radius 2 is 1.41 bits per heavy atom. The molecule has 4 rings (SSSR count). The summed E-state index contributed by atoms with van der Waals surface area (Å²) in [5, 5.41) is 11.4. The SMILES string of the molecule is COc1ccc(CN2CCN(C(c3cccc(OC)c3)C(O)c3ccccc3)CC2)cc1. The molecule has 0 saturated carbocycles. The smallest absolute Gasteiger partial charge is 0.119 e. The van der Waals surface area contributed by atoms with Crippen LogP contribution in [0.1, 0.15) is 28.8 Å². The van der Waals surface area contributed by atoms with Crippen LogP contribution in [0.4, 0.5) is 0 Å². The lowest BCUT2D eigenvalue weighted by molar-refractivity contribution is 0.0148. The van der Waals surface area contributed by atoms with Crippen LogP contribution in [-0.2, 0) is 6.54 Å². The summed E-state index contributed by atoms with van der Waals surface area (Å²) < 4.78 is 10.7. The van der Waals surface area contributed by atoms with Crippen LogP contribution in [0, 0.1) is 0 Å². The van der Waals surface area contributed by atoms with Crippen molar-refractivity contribution in [1.29, 1.82) is 0 Å². The Morgan fingerprint density at radius 3 is 2.06 bits per heavy atom. The number of ether oxygens (including phenoxy) is 2. The summed E-state index contributed by atoms with van der Waals surface area (Å²) in [4.78, 5) is 4.87. The van der Waals surface area contributed by atoms with Crippen molar-refractivity contribution in [3.05, 3.63) is 95.6 Å². The van der Waals surface area contributed by atoms with Gasteiger partial charge in [-0.05, 0) is 41.0 Å². The zero-order chi connectivity index (χ0) is 22.3. The molecule has 32 heavy (non-hydrogen) atoms. The predicted octanol–water partition coefficient (Wildman–Crippen LogP) is 4.30. The van der Waals surface area contributed by atoms with Crippen LogP contribution in [0.2, 0.25) is 0 Å². The molecule has 2 unspecified atom stereocenters. The highest BCUT2D eigenvalue weighted by molar-refractivity contribution is 5.33. The van der Waals surface area contributed by atoms with Gasteiger partial charge in [0.1, 0.15) is 11.5 Å². The van der Waals surface area contributed by atoms with Crippen LogP contribution in [0.5, 0.6) is 11.5 Å². The summed E-state index contributed by atoms with van der Waals surface area (Å²) in [7, 11) is 3.37. The minimum atomic E-state index is -0.614. The van der Waals surface area contributed by atoms with Crippen molar-refractivity contribution in [2.24, 2.45) is 0 Å². The van der Waals surface area contributed by atoms with E-state index in [0.29, 0.717) is 0 Å². The van der Waals surface area contributed by atoms with E-state index in [-0.39, 0.29) is 6.04 Å². The second-order valence-electron chi connectivity index (χ2n) is 8.24. The van der Waals surface area contributed by atoms with Crippen molar-refractivity contribution in [1.82, 2.24) is 9.80 Å². The molecule has 0 amide bonds. The molecule has 0 aliphatic carbocycles. The van der Waals surface area contributed by atoms with Crippen LogP contribution < -0.4 is 9.47 Å². The van der Waals surface area contributed by atoms with E-state index in [1.165, 1.54) is 5.56 Å². The number of aliphatic hydroxyl groups is 1. The van der Waals surface area contributed by atoms with Crippen LogP contribution >= 0.6 is 0 Å². The number of piperazine rings is 1. The molecule has 1 heterocycles. The van der Waals surface area contributed by atoms with Crippen molar-refractivity contribution < 1.29 is 14.6 Å². The lowest BCUT2D eigenvalue weighted by Crippen LogP contribution is -2.48. The van der Waals surface area contributed by atoms with Gasteiger partial charge in [0.15, 0.2) is 0 Å². The van der Waals surface area contributed by atoms with Gasteiger partial charge >= 0.3 is 0 Å². The molecule has 1 aliphatic heterocycles. The van der Waals surface area contributed by atoms with E-state index < -0.39 is 6.10 Å². The molecule has 1 fully saturated rings. The molecule has 5 heteroatoms. The number of methoxy groups -OCH3 is 2. The molecule has 0 radical (unpaired) electrons. The van der Waals surface area contributed by atoms with Gasteiger partial charge in [0, 0.05) is 32.7 Å². The third-order valence-corrected chi connectivity index (χ3v) is 6.24. The van der Waals surface area contributed by atoms with Crippen molar-refractivity contribution in [3.63, 3.8) is 0 Å². The second kappa shape index (κ2) is 10.6. The number of nitrogens with zero attached hydrogens (tertiary/aromatic N) is 2. The predicted molar refractivity (Wildman–Crippen MR) is 127 cm³/mol. The van der Waals surface area contributed by atoms with E-state index in [1.54, 1.807) is 14.2 Å². The Balaban J connectivity index is 1.49. The fraction of sp³-hybridized carbons (Fsp3) is 0.333. The maximum absolute atomic E-state index is 11.4. The molecule has 2 atom stereocenters. The zero-order valence-corrected chi connectivity index (χ0v) is 18.9. The molecule has 5 nitrogen and oxygen atoms in total. The Bertz CT molecular complexity index is 970. The third-order valence-electron chi connectivity index (χ3n) is 6.24. The Kier molecular flexibility index (Phi) is 7.43. The Morgan fingerprint density at radius 1 is 0.750 bits per heavy atom. The van der Waals surface area contributed by atoms with Crippen molar-refractivity contribution >= 4 is 0 Å². The molecule has 3 aromatic rings. The van der Waals surface area contributed by atoms with E-state index in [4.69, 9.17) is 9.47 Å².